The normalized spacial score (nSPS) is 27.6. The van der Waals surface area contributed by atoms with Crippen molar-refractivity contribution >= 4 is 11.8 Å². The van der Waals surface area contributed by atoms with E-state index in [0.29, 0.717) is 5.41 Å². The van der Waals surface area contributed by atoms with Crippen LogP contribution in [0.3, 0.4) is 0 Å². The van der Waals surface area contributed by atoms with Crippen LogP contribution >= 0.6 is 11.8 Å². The minimum atomic E-state index is 0.487. The monoisotopic (exact) mass is 333 g/mol. The second kappa shape index (κ2) is 8.04. The molecule has 0 N–H and O–H groups in total. The molecule has 2 fully saturated rings. The lowest BCUT2D eigenvalue weighted by atomic mass is 9.53. The van der Waals surface area contributed by atoms with E-state index >= 15 is 0 Å². The van der Waals surface area contributed by atoms with Crippen LogP contribution in [-0.2, 0) is 11.3 Å². The number of nitrogens with zero attached hydrogens (tertiary/aromatic N) is 1. The lowest BCUT2D eigenvalue weighted by Gasteiger charge is -2.54. The van der Waals surface area contributed by atoms with Crippen LogP contribution < -0.4 is 0 Å². The van der Waals surface area contributed by atoms with Crippen LogP contribution in [0.4, 0.5) is 0 Å². The van der Waals surface area contributed by atoms with Crippen molar-refractivity contribution in [1.82, 2.24) is 4.90 Å². The Balaban J connectivity index is 1.35. The Bertz CT molecular complexity index is 470. The first-order valence-electron chi connectivity index (χ1n) is 9.08. The molecule has 1 aromatic carbocycles. The molecule has 1 saturated carbocycles. The van der Waals surface area contributed by atoms with Gasteiger partial charge in [-0.15, -0.1) is 0 Å². The molecule has 1 aliphatic heterocycles. The van der Waals surface area contributed by atoms with Gasteiger partial charge in [-0.25, -0.2) is 0 Å². The SMILES string of the molecule is CC1(C)[C@@H](CCOCc2ccccc2)C[C@H]1CN1CCSCC1. The van der Waals surface area contributed by atoms with Gasteiger partial charge in [0, 0.05) is 37.7 Å². The number of benzene rings is 1. The highest BCUT2D eigenvalue weighted by atomic mass is 32.2. The van der Waals surface area contributed by atoms with Gasteiger partial charge in [-0.05, 0) is 35.7 Å². The third kappa shape index (κ3) is 4.52. The summed E-state index contributed by atoms with van der Waals surface area (Å²) in [6.07, 6.45) is 2.61. The minimum absolute atomic E-state index is 0.487. The number of ether oxygens (including phenoxy) is 1. The molecule has 23 heavy (non-hydrogen) atoms. The summed E-state index contributed by atoms with van der Waals surface area (Å²) in [5, 5.41) is 0. The fraction of sp³-hybridized carbons (Fsp3) is 0.700. The largest absolute Gasteiger partial charge is 0.377 e. The van der Waals surface area contributed by atoms with Crippen molar-refractivity contribution in [3.63, 3.8) is 0 Å². The summed E-state index contributed by atoms with van der Waals surface area (Å²) in [5.41, 5.74) is 1.77. The zero-order chi connectivity index (χ0) is 16.1. The fourth-order valence-corrected chi connectivity index (χ4v) is 4.99. The molecule has 3 rings (SSSR count). The van der Waals surface area contributed by atoms with Crippen molar-refractivity contribution in [2.45, 2.75) is 33.3 Å². The Morgan fingerprint density at radius 1 is 1.13 bits per heavy atom. The van der Waals surface area contributed by atoms with Crippen LogP contribution in [0.15, 0.2) is 30.3 Å². The Labute approximate surface area is 146 Å². The summed E-state index contributed by atoms with van der Waals surface area (Å²) < 4.78 is 5.89. The maximum Gasteiger partial charge on any atom is 0.0716 e. The summed E-state index contributed by atoms with van der Waals surface area (Å²) in [4.78, 5) is 2.69. The molecule has 0 bridgehead atoms. The maximum atomic E-state index is 5.89. The number of rotatable bonds is 7. The lowest BCUT2D eigenvalue weighted by Crippen LogP contribution is -2.51. The highest BCUT2D eigenvalue weighted by Gasteiger charge is 2.47. The van der Waals surface area contributed by atoms with Gasteiger partial charge in [0.15, 0.2) is 0 Å². The zero-order valence-corrected chi connectivity index (χ0v) is 15.5. The van der Waals surface area contributed by atoms with Crippen molar-refractivity contribution in [2.24, 2.45) is 17.3 Å². The topological polar surface area (TPSA) is 12.5 Å². The van der Waals surface area contributed by atoms with E-state index < -0.39 is 0 Å². The summed E-state index contributed by atoms with van der Waals surface area (Å²) in [6, 6.07) is 10.5. The molecule has 3 heteroatoms. The first-order valence-corrected chi connectivity index (χ1v) is 10.2. The predicted molar refractivity (Wildman–Crippen MR) is 99.9 cm³/mol. The van der Waals surface area contributed by atoms with E-state index in [1.54, 1.807) is 0 Å². The minimum Gasteiger partial charge on any atom is -0.377 e. The summed E-state index contributed by atoms with van der Waals surface area (Å²) in [7, 11) is 0. The number of hydrogen-bond acceptors (Lipinski definition) is 3. The van der Waals surface area contributed by atoms with Gasteiger partial charge in [0.1, 0.15) is 0 Å². The van der Waals surface area contributed by atoms with Gasteiger partial charge >= 0.3 is 0 Å². The average Bonchev–Trinajstić information content (AvgIpc) is 2.58. The van der Waals surface area contributed by atoms with E-state index in [1.165, 1.54) is 49.5 Å². The Morgan fingerprint density at radius 2 is 1.87 bits per heavy atom. The van der Waals surface area contributed by atoms with E-state index in [9.17, 15) is 0 Å². The molecule has 128 valence electrons. The standard InChI is InChI=1S/C20H31NOS/c1-20(2)18(8-11-22-16-17-6-4-3-5-7-17)14-19(20)15-21-9-12-23-13-10-21/h3-7,18-19H,8-16H2,1-2H3/t18-,19-/m0/s1. The highest BCUT2D eigenvalue weighted by molar-refractivity contribution is 7.99. The fourth-order valence-electron chi connectivity index (χ4n) is 4.01. The van der Waals surface area contributed by atoms with Crippen molar-refractivity contribution < 1.29 is 4.74 Å². The molecule has 1 aliphatic carbocycles. The van der Waals surface area contributed by atoms with Gasteiger partial charge in [0.05, 0.1) is 6.61 Å². The van der Waals surface area contributed by atoms with Gasteiger partial charge in [-0.3, -0.25) is 0 Å². The van der Waals surface area contributed by atoms with Crippen molar-refractivity contribution in [3.05, 3.63) is 35.9 Å². The van der Waals surface area contributed by atoms with Gasteiger partial charge in [-0.1, -0.05) is 44.2 Å². The molecule has 2 aliphatic rings. The highest BCUT2D eigenvalue weighted by Crippen LogP contribution is 2.53. The van der Waals surface area contributed by atoms with E-state index in [-0.39, 0.29) is 0 Å². The number of hydrogen-bond donors (Lipinski definition) is 0. The second-order valence-electron chi connectivity index (χ2n) is 7.69. The molecular formula is C20H31NOS. The van der Waals surface area contributed by atoms with Crippen LogP contribution in [0.2, 0.25) is 0 Å². The van der Waals surface area contributed by atoms with Crippen molar-refractivity contribution in [3.8, 4) is 0 Å². The first-order chi connectivity index (χ1) is 11.2. The van der Waals surface area contributed by atoms with E-state index in [2.05, 4.69) is 60.8 Å². The molecule has 0 spiro atoms. The average molecular weight is 334 g/mol. The van der Waals surface area contributed by atoms with E-state index in [0.717, 1.165) is 25.0 Å². The van der Waals surface area contributed by atoms with Crippen molar-refractivity contribution in [1.29, 1.82) is 0 Å². The molecule has 1 aromatic rings. The predicted octanol–water partition coefficient (Wildman–Crippen LogP) is 4.30. The first kappa shape index (κ1) is 17.3. The van der Waals surface area contributed by atoms with Crippen LogP contribution in [0.25, 0.3) is 0 Å². The van der Waals surface area contributed by atoms with Crippen LogP contribution in [0, 0.1) is 17.3 Å². The quantitative estimate of drug-likeness (QED) is 0.690. The zero-order valence-electron chi connectivity index (χ0n) is 14.7. The molecule has 1 saturated heterocycles. The van der Waals surface area contributed by atoms with Crippen LogP contribution in [-0.4, -0.2) is 42.6 Å². The van der Waals surface area contributed by atoms with Gasteiger partial charge in [-0.2, -0.15) is 11.8 Å². The van der Waals surface area contributed by atoms with Crippen LogP contribution in [0.5, 0.6) is 0 Å². The molecule has 1 heterocycles. The molecule has 0 aromatic heterocycles. The molecule has 0 unspecified atom stereocenters. The van der Waals surface area contributed by atoms with Gasteiger partial charge in [0.2, 0.25) is 0 Å². The third-order valence-electron chi connectivity index (χ3n) is 5.98. The molecule has 2 atom stereocenters. The summed E-state index contributed by atoms with van der Waals surface area (Å²) in [6.45, 7) is 10.5. The van der Waals surface area contributed by atoms with Gasteiger partial charge < -0.3 is 9.64 Å². The van der Waals surface area contributed by atoms with E-state index in [1.807, 2.05) is 0 Å². The lowest BCUT2D eigenvalue weighted by molar-refractivity contribution is -0.0562. The third-order valence-corrected chi connectivity index (χ3v) is 6.92. The summed E-state index contributed by atoms with van der Waals surface area (Å²) in [5.74, 6) is 4.36. The van der Waals surface area contributed by atoms with Gasteiger partial charge in [0.25, 0.3) is 0 Å². The molecule has 2 nitrogen and oxygen atoms in total. The Morgan fingerprint density at radius 3 is 2.57 bits per heavy atom. The molecule has 0 radical (unpaired) electrons. The van der Waals surface area contributed by atoms with E-state index in [4.69, 9.17) is 4.74 Å². The Hall–Kier alpha value is -0.510. The molecule has 0 amide bonds. The van der Waals surface area contributed by atoms with Crippen molar-refractivity contribution in [2.75, 3.05) is 37.7 Å². The van der Waals surface area contributed by atoms with Crippen LogP contribution in [0.1, 0.15) is 32.3 Å². The Kier molecular flexibility index (Phi) is 6.06. The summed E-state index contributed by atoms with van der Waals surface area (Å²) >= 11 is 2.11. The maximum absolute atomic E-state index is 5.89. The smallest absolute Gasteiger partial charge is 0.0716 e. The molecular weight excluding hydrogens is 302 g/mol. The number of thioether (sulfide) groups is 1. The second-order valence-corrected chi connectivity index (χ2v) is 8.92.